The second-order valence-electron chi connectivity index (χ2n) is 4.66. The summed E-state index contributed by atoms with van der Waals surface area (Å²) in [4.78, 5) is 13.3. The van der Waals surface area contributed by atoms with Gasteiger partial charge in [-0.3, -0.25) is 4.79 Å². The van der Waals surface area contributed by atoms with Crippen LogP contribution in [0.1, 0.15) is 12.8 Å². The molecular weight excluding hydrogens is 256 g/mol. The molecule has 4 heteroatoms. The summed E-state index contributed by atoms with van der Waals surface area (Å²) < 4.78 is 0. The Morgan fingerprint density at radius 1 is 1.26 bits per heavy atom. The van der Waals surface area contributed by atoms with E-state index < -0.39 is 0 Å². The van der Waals surface area contributed by atoms with E-state index in [-0.39, 0.29) is 11.9 Å². The van der Waals surface area contributed by atoms with E-state index in [0.29, 0.717) is 0 Å². The molecule has 0 radical (unpaired) electrons. The van der Waals surface area contributed by atoms with Gasteiger partial charge in [0.25, 0.3) is 0 Å². The van der Waals surface area contributed by atoms with Gasteiger partial charge >= 0.3 is 0 Å². The van der Waals surface area contributed by atoms with Crippen LogP contribution in [-0.2, 0) is 4.79 Å². The number of anilines is 1. The zero-order chi connectivity index (χ0) is 13.1. The number of carbonyl (C=O) groups excluding carboxylic acids is 1. The van der Waals surface area contributed by atoms with E-state index in [1.54, 1.807) is 11.3 Å². The number of hydrogen-bond donors (Lipinski definition) is 2. The first-order valence-electron chi connectivity index (χ1n) is 6.52. The Labute approximate surface area is 116 Å². The number of thiophene rings is 1. The minimum Gasteiger partial charge on any atom is -0.324 e. The Hall–Kier alpha value is -1.65. The van der Waals surface area contributed by atoms with Crippen molar-refractivity contribution in [2.24, 2.45) is 0 Å². The maximum atomic E-state index is 12.2. The zero-order valence-electron chi connectivity index (χ0n) is 10.6. The molecule has 0 aliphatic carbocycles. The Bertz CT molecular complexity index is 559. The second-order valence-corrected chi connectivity index (χ2v) is 5.61. The van der Waals surface area contributed by atoms with Gasteiger partial charge < -0.3 is 10.6 Å². The van der Waals surface area contributed by atoms with Crippen molar-refractivity contribution in [2.45, 2.75) is 18.9 Å². The molecule has 0 bridgehead atoms. The third-order valence-electron chi connectivity index (χ3n) is 3.35. The van der Waals surface area contributed by atoms with E-state index >= 15 is 0 Å². The number of para-hydroxylation sites is 1. The Kier molecular flexibility index (Phi) is 3.62. The Balaban J connectivity index is 1.83. The van der Waals surface area contributed by atoms with Gasteiger partial charge in [0.1, 0.15) is 0 Å². The van der Waals surface area contributed by atoms with Gasteiger partial charge in [-0.1, -0.05) is 24.3 Å². The van der Waals surface area contributed by atoms with Gasteiger partial charge in [-0.2, -0.15) is 0 Å². The first-order chi connectivity index (χ1) is 9.34. The minimum absolute atomic E-state index is 0.0450. The summed E-state index contributed by atoms with van der Waals surface area (Å²) >= 11 is 1.68. The van der Waals surface area contributed by atoms with Crippen molar-refractivity contribution in [1.82, 2.24) is 5.32 Å². The maximum Gasteiger partial charge on any atom is 0.241 e. The lowest BCUT2D eigenvalue weighted by atomic mass is 10.1. The number of nitrogens with one attached hydrogen (secondary N) is 2. The molecule has 1 aliphatic heterocycles. The highest BCUT2D eigenvalue weighted by Gasteiger charge is 2.22. The largest absolute Gasteiger partial charge is 0.324 e. The Morgan fingerprint density at radius 2 is 2.16 bits per heavy atom. The summed E-state index contributed by atoms with van der Waals surface area (Å²) in [6, 6.07) is 12.0. The maximum absolute atomic E-state index is 12.2. The molecule has 0 saturated carbocycles. The van der Waals surface area contributed by atoms with Crippen molar-refractivity contribution >= 4 is 22.9 Å². The molecule has 1 amide bonds. The fourth-order valence-electron chi connectivity index (χ4n) is 2.37. The van der Waals surface area contributed by atoms with Crippen molar-refractivity contribution in [1.29, 1.82) is 0 Å². The van der Waals surface area contributed by atoms with Gasteiger partial charge in [0.2, 0.25) is 5.91 Å². The van der Waals surface area contributed by atoms with Crippen molar-refractivity contribution in [3.8, 4) is 10.4 Å². The van der Waals surface area contributed by atoms with Crippen LogP contribution in [0.15, 0.2) is 41.8 Å². The molecule has 1 aromatic heterocycles. The Morgan fingerprint density at radius 3 is 2.89 bits per heavy atom. The fraction of sp³-hybridized carbons (Fsp3) is 0.267. The third kappa shape index (κ3) is 2.69. The number of hydrogen-bond acceptors (Lipinski definition) is 3. The van der Waals surface area contributed by atoms with Crippen LogP contribution in [0.25, 0.3) is 10.4 Å². The molecule has 1 atom stereocenters. The highest BCUT2D eigenvalue weighted by atomic mass is 32.1. The molecule has 0 unspecified atom stereocenters. The highest BCUT2D eigenvalue weighted by Crippen LogP contribution is 2.31. The molecule has 2 aromatic rings. The van der Waals surface area contributed by atoms with Crippen LogP contribution < -0.4 is 10.6 Å². The van der Waals surface area contributed by atoms with Gasteiger partial charge in [-0.05, 0) is 36.9 Å². The first kappa shape index (κ1) is 12.4. The van der Waals surface area contributed by atoms with E-state index in [2.05, 4.69) is 16.7 Å². The average Bonchev–Trinajstić information content (AvgIpc) is 3.13. The number of rotatable bonds is 3. The van der Waals surface area contributed by atoms with E-state index in [4.69, 9.17) is 0 Å². The van der Waals surface area contributed by atoms with Gasteiger partial charge in [0, 0.05) is 16.1 Å². The van der Waals surface area contributed by atoms with Gasteiger partial charge in [0.15, 0.2) is 0 Å². The quantitative estimate of drug-likeness (QED) is 0.901. The first-order valence-corrected chi connectivity index (χ1v) is 7.40. The molecule has 3 nitrogen and oxygen atoms in total. The highest BCUT2D eigenvalue weighted by molar-refractivity contribution is 7.13. The molecule has 2 N–H and O–H groups in total. The summed E-state index contributed by atoms with van der Waals surface area (Å²) in [6.45, 7) is 0.935. The molecular formula is C15H16N2OS. The third-order valence-corrected chi connectivity index (χ3v) is 4.25. The van der Waals surface area contributed by atoms with Gasteiger partial charge in [0.05, 0.1) is 6.04 Å². The summed E-state index contributed by atoms with van der Waals surface area (Å²) in [5.74, 6) is 0.0708. The minimum atomic E-state index is -0.0450. The van der Waals surface area contributed by atoms with Crippen molar-refractivity contribution < 1.29 is 4.79 Å². The molecule has 19 heavy (non-hydrogen) atoms. The fourth-order valence-corrected chi connectivity index (χ4v) is 3.13. The van der Waals surface area contributed by atoms with Gasteiger partial charge in [-0.25, -0.2) is 0 Å². The summed E-state index contributed by atoms with van der Waals surface area (Å²) in [7, 11) is 0. The lowest BCUT2D eigenvalue weighted by Gasteiger charge is -2.13. The monoisotopic (exact) mass is 272 g/mol. The summed E-state index contributed by atoms with van der Waals surface area (Å²) in [5, 5.41) is 8.32. The summed E-state index contributed by atoms with van der Waals surface area (Å²) in [6.07, 6.45) is 2.00. The average molecular weight is 272 g/mol. The smallest absolute Gasteiger partial charge is 0.241 e. The van der Waals surface area contributed by atoms with Crippen LogP contribution in [0.2, 0.25) is 0 Å². The van der Waals surface area contributed by atoms with E-state index in [0.717, 1.165) is 30.6 Å². The molecule has 0 spiro atoms. The van der Waals surface area contributed by atoms with Crippen LogP contribution >= 0.6 is 11.3 Å². The molecule has 1 aliphatic rings. The normalized spacial score (nSPS) is 18.4. The van der Waals surface area contributed by atoms with Crippen LogP contribution in [0.4, 0.5) is 5.69 Å². The van der Waals surface area contributed by atoms with Gasteiger partial charge in [-0.15, -0.1) is 11.3 Å². The SMILES string of the molecule is O=C(Nc1ccccc1-c1cccs1)[C@H]1CCCN1. The van der Waals surface area contributed by atoms with Crippen LogP contribution in [0, 0.1) is 0 Å². The predicted octanol–water partition coefficient (Wildman–Crippen LogP) is 3.11. The van der Waals surface area contributed by atoms with E-state index in [1.165, 1.54) is 4.88 Å². The van der Waals surface area contributed by atoms with Crippen LogP contribution in [0.3, 0.4) is 0 Å². The van der Waals surface area contributed by atoms with E-state index in [9.17, 15) is 4.79 Å². The molecule has 2 heterocycles. The van der Waals surface area contributed by atoms with Crippen molar-refractivity contribution in [3.05, 3.63) is 41.8 Å². The molecule has 1 saturated heterocycles. The number of carbonyl (C=O) groups is 1. The van der Waals surface area contributed by atoms with Crippen LogP contribution in [-0.4, -0.2) is 18.5 Å². The zero-order valence-corrected chi connectivity index (χ0v) is 11.4. The molecule has 1 fully saturated rings. The molecule has 1 aromatic carbocycles. The summed E-state index contributed by atoms with van der Waals surface area (Å²) in [5.41, 5.74) is 1.98. The lowest BCUT2D eigenvalue weighted by Crippen LogP contribution is -2.35. The second kappa shape index (κ2) is 5.55. The lowest BCUT2D eigenvalue weighted by molar-refractivity contribution is -0.117. The number of amides is 1. The number of benzene rings is 1. The standard InChI is InChI=1S/C15H16N2OS/c18-15(13-7-3-9-16-13)17-12-6-2-1-5-11(12)14-8-4-10-19-14/h1-2,4-6,8,10,13,16H,3,7,9H2,(H,17,18)/t13-/m1/s1. The van der Waals surface area contributed by atoms with Crippen LogP contribution in [0.5, 0.6) is 0 Å². The topological polar surface area (TPSA) is 41.1 Å². The predicted molar refractivity (Wildman–Crippen MR) is 79.4 cm³/mol. The van der Waals surface area contributed by atoms with Crippen molar-refractivity contribution in [3.63, 3.8) is 0 Å². The molecule has 3 rings (SSSR count). The van der Waals surface area contributed by atoms with Crippen molar-refractivity contribution in [2.75, 3.05) is 11.9 Å². The molecule has 98 valence electrons. The van der Waals surface area contributed by atoms with E-state index in [1.807, 2.05) is 35.7 Å².